The molecule has 5 nitrogen and oxygen atoms in total. The zero-order valence-corrected chi connectivity index (χ0v) is 12.2. The summed E-state index contributed by atoms with van der Waals surface area (Å²) in [5.74, 6) is -0.336. The summed E-state index contributed by atoms with van der Waals surface area (Å²) < 4.78 is 4.98. The van der Waals surface area contributed by atoms with Gasteiger partial charge in [0.15, 0.2) is 5.54 Å². The van der Waals surface area contributed by atoms with Crippen LogP contribution in [0, 0.1) is 0 Å². The number of imide groups is 1. The van der Waals surface area contributed by atoms with Gasteiger partial charge in [0.25, 0.3) is 5.91 Å². The molecule has 0 radical (unpaired) electrons. The molecule has 1 heterocycles. The van der Waals surface area contributed by atoms with Gasteiger partial charge in [-0.15, -0.1) is 0 Å². The third kappa shape index (κ3) is 2.07. The van der Waals surface area contributed by atoms with Gasteiger partial charge in [0.2, 0.25) is 0 Å². The van der Waals surface area contributed by atoms with Crippen molar-refractivity contribution in [1.29, 1.82) is 0 Å². The Morgan fingerprint density at radius 3 is 1.91 bits per heavy atom. The summed E-state index contributed by atoms with van der Waals surface area (Å²) in [5.41, 5.74) is 0.231. The Balaban J connectivity index is 2.18. The number of ether oxygens (including phenoxy) is 1. The van der Waals surface area contributed by atoms with Crippen LogP contribution in [0.15, 0.2) is 60.7 Å². The molecule has 112 valence electrons. The Morgan fingerprint density at radius 1 is 0.955 bits per heavy atom. The lowest BCUT2D eigenvalue weighted by Crippen LogP contribution is -2.45. The molecule has 0 aliphatic carbocycles. The Kier molecular flexibility index (Phi) is 3.65. The van der Waals surface area contributed by atoms with Gasteiger partial charge in [-0.25, -0.2) is 9.69 Å². The molecule has 0 saturated carbocycles. The number of hydrogen-bond donors (Lipinski definition) is 1. The molecule has 22 heavy (non-hydrogen) atoms. The van der Waals surface area contributed by atoms with Crippen LogP contribution in [-0.4, -0.2) is 30.7 Å². The summed E-state index contributed by atoms with van der Waals surface area (Å²) in [6.45, 7) is -0.0773. The number of amides is 3. The first-order valence-electron chi connectivity index (χ1n) is 6.94. The van der Waals surface area contributed by atoms with E-state index in [0.29, 0.717) is 0 Å². The van der Waals surface area contributed by atoms with Crippen LogP contribution in [0.3, 0.4) is 0 Å². The van der Waals surface area contributed by atoms with Crippen LogP contribution in [0.2, 0.25) is 0 Å². The van der Waals surface area contributed by atoms with Crippen molar-refractivity contribution >= 4 is 11.9 Å². The lowest BCUT2D eigenvalue weighted by atomic mass is 9.83. The minimum Gasteiger partial charge on any atom is -0.364 e. The summed E-state index contributed by atoms with van der Waals surface area (Å²) >= 11 is 0. The van der Waals surface area contributed by atoms with Crippen molar-refractivity contribution in [3.63, 3.8) is 0 Å². The van der Waals surface area contributed by atoms with Crippen molar-refractivity contribution in [1.82, 2.24) is 10.2 Å². The highest BCUT2D eigenvalue weighted by molar-refractivity contribution is 6.09. The SMILES string of the molecule is COCN1C(=O)NC(c2ccccc2)(c2ccccc2)C1=O. The van der Waals surface area contributed by atoms with E-state index in [2.05, 4.69) is 5.32 Å². The van der Waals surface area contributed by atoms with Crippen molar-refractivity contribution in [2.45, 2.75) is 5.54 Å². The predicted octanol–water partition coefficient (Wildman–Crippen LogP) is 2.09. The van der Waals surface area contributed by atoms with Gasteiger partial charge in [-0.05, 0) is 11.1 Å². The van der Waals surface area contributed by atoms with E-state index < -0.39 is 11.6 Å². The number of nitrogens with zero attached hydrogens (tertiary/aromatic N) is 1. The van der Waals surface area contributed by atoms with E-state index in [1.807, 2.05) is 60.7 Å². The van der Waals surface area contributed by atoms with Crippen LogP contribution in [0.25, 0.3) is 0 Å². The largest absolute Gasteiger partial charge is 0.364 e. The molecule has 2 aromatic carbocycles. The van der Waals surface area contributed by atoms with Gasteiger partial charge in [0.05, 0.1) is 0 Å². The predicted molar refractivity (Wildman–Crippen MR) is 80.9 cm³/mol. The molecule has 1 aliphatic rings. The van der Waals surface area contributed by atoms with Crippen LogP contribution in [0.1, 0.15) is 11.1 Å². The lowest BCUT2D eigenvalue weighted by molar-refractivity contribution is -0.133. The molecule has 0 spiro atoms. The standard InChI is InChI=1S/C17H16N2O3/c1-22-12-19-15(20)17(18-16(19)21,13-8-4-2-5-9-13)14-10-6-3-7-11-14/h2-11H,12H2,1H3,(H,18,21). The zero-order chi connectivity index (χ0) is 15.6. The maximum Gasteiger partial charge on any atom is 0.327 e. The summed E-state index contributed by atoms with van der Waals surface area (Å²) in [5, 5.41) is 2.84. The van der Waals surface area contributed by atoms with Crippen molar-refractivity contribution in [3.05, 3.63) is 71.8 Å². The molecular weight excluding hydrogens is 280 g/mol. The average molecular weight is 296 g/mol. The van der Waals surface area contributed by atoms with Gasteiger partial charge in [-0.1, -0.05) is 60.7 Å². The number of methoxy groups -OCH3 is 1. The number of carbonyl (C=O) groups is 2. The minimum atomic E-state index is -1.21. The number of nitrogens with one attached hydrogen (secondary N) is 1. The number of carbonyl (C=O) groups excluding carboxylic acids is 2. The van der Waals surface area contributed by atoms with E-state index in [4.69, 9.17) is 4.74 Å². The molecule has 0 unspecified atom stereocenters. The second kappa shape index (κ2) is 5.61. The van der Waals surface area contributed by atoms with Crippen LogP contribution in [0.4, 0.5) is 4.79 Å². The average Bonchev–Trinajstić information content (AvgIpc) is 2.82. The topological polar surface area (TPSA) is 58.6 Å². The van der Waals surface area contributed by atoms with Crippen LogP contribution >= 0.6 is 0 Å². The quantitative estimate of drug-likeness (QED) is 0.879. The molecule has 3 amide bonds. The third-order valence-electron chi connectivity index (χ3n) is 3.78. The fraction of sp³-hybridized carbons (Fsp3) is 0.176. The Bertz CT molecular complexity index is 646. The lowest BCUT2D eigenvalue weighted by Gasteiger charge is -2.27. The van der Waals surface area contributed by atoms with E-state index in [1.165, 1.54) is 7.11 Å². The summed E-state index contributed by atoms with van der Waals surface area (Å²) in [6.07, 6.45) is 0. The molecule has 3 rings (SSSR count). The monoisotopic (exact) mass is 296 g/mol. The Morgan fingerprint density at radius 2 is 1.45 bits per heavy atom. The molecule has 0 atom stereocenters. The van der Waals surface area contributed by atoms with Gasteiger partial charge in [0.1, 0.15) is 6.73 Å². The minimum absolute atomic E-state index is 0.0773. The van der Waals surface area contributed by atoms with E-state index in [9.17, 15) is 9.59 Å². The van der Waals surface area contributed by atoms with Crippen LogP contribution in [-0.2, 0) is 15.1 Å². The number of benzene rings is 2. The van der Waals surface area contributed by atoms with E-state index in [1.54, 1.807) is 0 Å². The van der Waals surface area contributed by atoms with Crippen molar-refractivity contribution in [2.75, 3.05) is 13.8 Å². The molecule has 0 aromatic heterocycles. The summed E-state index contributed by atoms with van der Waals surface area (Å²) in [4.78, 5) is 26.3. The van der Waals surface area contributed by atoms with Crippen LogP contribution < -0.4 is 5.32 Å². The molecule has 1 N–H and O–H groups in total. The van der Waals surface area contributed by atoms with Crippen molar-refractivity contribution in [3.8, 4) is 0 Å². The van der Waals surface area contributed by atoms with Gasteiger partial charge in [0, 0.05) is 7.11 Å². The van der Waals surface area contributed by atoms with E-state index in [0.717, 1.165) is 16.0 Å². The highest BCUT2D eigenvalue weighted by Crippen LogP contribution is 2.35. The highest BCUT2D eigenvalue weighted by atomic mass is 16.5. The highest BCUT2D eigenvalue weighted by Gasteiger charge is 2.53. The fourth-order valence-corrected chi connectivity index (χ4v) is 2.76. The second-order valence-corrected chi connectivity index (χ2v) is 5.06. The van der Waals surface area contributed by atoms with Gasteiger partial charge in [-0.3, -0.25) is 4.79 Å². The smallest absolute Gasteiger partial charge is 0.327 e. The number of urea groups is 1. The van der Waals surface area contributed by atoms with E-state index >= 15 is 0 Å². The first-order chi connectivity index (χ1) is 10.7. The summed E-state index contributed by atoms with van der Waals surface area (Å²) in [7, 11) is 1.45. The molecule has 1 aliphatic heterocycles. The molecule has 2 aromatic rings. The fourth-order valence-electron chi connectivity index (χ4n) is 2.76. The number of rotatable bonds is 4. The van der Waals surface area contributed by atoms with Gasteiger partial charge < -0.3 is 10.1 Å². The Hall–Kier alpha value is -2.66. The van der Waals surface area contributed by atoms with Crippen molar-refractivity contribution in [2.24, 2.45) is 0 Å². The summed E-state index contributed by atoms with van der Waals surface area (Å²) in [6, 6.07) is 18.0. The molecule has 0 bridgehead atoms. The molecule has 1 fully saturated rings. The van der Waals surface area contributed by atoms with Crippen LogP contribution in [0.5, 0.6) is 0 Å². The normalized spacial score (nSPS) is 16.7. The number of hydrogen-bond acceptors (Lipinski definition) is 3. The molecule has 1 saturated heterocycles. The Labute approximate surface area is 128 Å². The maximum atomic E-state index is 13.0. The first-order valence-corrected chi connectivity index (χ1v) is 6.94. The maximum absolute atomic E-state index is 13.0. The first kappa shape index (κ1) is 14.3. The zero-order valence-electron chi connectivity index (χ0n) is 12.2. The van der Waals surface area contributed by atoms with Crippen molar-refractivity contribution < 1.29 is 14.3 Å². The molecule has 5 heteroatoms. The van der Waals surface area contributed by atoms with E-state index in [-0.39, 0.29) is 12.6 Å². The second-order valence-electron chi connectivity index (χ2n) is 5.06. The van der Waals surface area contributed by atoms with Gasteiger partial charge >= 0.3 is 6.03 Å². The van der Waals surface area contributed by atoms with Gasteiger partial charge in [-0.2, -0.15) is 0 Å². The third-order valence-corrected chi connectivity index (χ3v) is 3.78. The molecular formula is C17H16N2O3.